The first-order valence-corrected chi connectivity index (χ1v) is 9.62. The smallest absolute Gasteiger partial charge is 0.225 e. The lowest BCUT2D eigenvalue weighted by Gasteiger charge is -2.43. The minimum Gasteiger partial charge on any atom is -0.389 e. The van der Waals surface area contributed by atoms with Gasteiger partial charge in [-0.3, -0.25) is 9.69 Å². The Morgan fingerprint density at radius 1 is 1.00 bits per heavy atom. The number of carbonyl (C=O) groups is 1. The molecule has 0 aromatic rings. The highest BCUT2D eigenvalue weighted by molar-refractivity contribution is 5.79. The van der Waals surface area contributed by atoms with Crippen LogP contribution in [0.4, 0.5) is 4.39 Å². The minimum atomic E-state index is -1.41. The van der Waals surface area contributed by atoms with Gasteiger partial charge in [0.1, 0.15) is 11.8 Å². The Balaban J connectivity index is 1.49. The lowest BCUT2D eigenvalue weighted by Crippen LogP contribution is -2.59. The summed E-state index contributed by atoms with van der Waals surface area (Å²) in [4.78, 5) is 16.1. The first-order valence-electron chi connectivity index (χ1n) is 9.62. The van der Waals surface area contributed by atoms with E-state index < -0.39 is 24.0 Å². The van der Waals surface area contributed by atoms with Gasteiger partial charge in [-0.05, 0) is 12.8 Å². The average Bonchev–Trinajstić information content (AvgIpc) is 2.60. The molecule has 0 aromatic heterocycles. The van der Waals surface area contributed by atoms with E-state index >= 15 is 4.39 Å². The molecule has 6 nitrogen and oxygen atoms in total. The van der Waals surface area contributed by atoms with Gasteiger partial charge in [-0.2, -0.15) is 0 Å². The first-order chi connectivity index (χ1) is 11.9. The number of hydrogen-bond acceptors (Lipinski definition) is 5. The Bertz CT molecular complexity index is 452. The second-order valence-corrected chi connectivity index (χ2v) is 8.13. The van der Waals surface area contributed by atoms with Gasteiger partial charge >= 0.3 is 0 Å². The molecule has 1 unspecified atom stereocenters. The fraction of sp³-hybridized carbons (Fsp3) is 0.944. The van der Waals surface area contributed by atoms with Gasteiger partial charge in [0.2, 0.25) is 5.91 Å². The highest BCUT2D eigenvalue weighted by Crippen LogP contribution is 2.32. The molecule has 1 aliphatic carbocycles. The molecule has 3 rings (SSSR count). The van der Waals surface area contributed by atoms with Crippen LogP contribution in [0.1, 0.15) is 44.9 Å². The molecule has 0 aromatic carbocycles. The van der Waals surface area contributed by atoms with Crippen LogP contribution in [0.3, 0.4) is 0 Å². The summed E-state index contributed by atoms with van der Waals surface area (Å²) in [5.41, 5.74) is -1.41. The van der Waals surface area contributed by atoms with Crippen LogP contribution in [-0.2, 0) is 4.79 Å². The minimum absolute atomic E-state index is 0.120. The Kier molecular flexibility index (Phi) is 5.98. The highest BCUT2D eigenvalue weighted by Gasteiger charge is 2.41. The molecule has 0 bridgehead atoms. The van der Waals surface area contributed by atoms with Crippen molar-refractivity contribution in [2.75, 3.05) is 32.7 Å². The third-order valence-corrected chi connectivity index (χ3v) is 6.11. The maximum Gasteiger partial charge on any atom is 0.225 e. The summed E-state index contributed by atoms with van der Waals surface area (Å²) in [6.45, 7) is 1.32. The van der Waals surface area contributed by atoms with E-state index in [0.717, 1.165) is 25.7 Å². The highest BCUT2D eigenvalue weighted by atomic mass is 19.1. The van der Waals surface area contributed by atoms with Crippen molar-refractivity contribution >= 4 is 5.91 Å². The van der Waals surface area contributed by atoms with Gasteiger partial charge in [-0.15, -0.1) is 0 Å². The van der Waals surface area contributed by atoms with E-state index in [-0.39, 0.29) is 44.3 Å². The zero-order valence-corrected chi connectivity index (χ0v) is 14.8. The van der Waals surface area contributed by atoms with Gasteiger partial charge in [0, 0.05) is 51.5 Å². The molecule has 25 heavy (non-hydrogen) atoms. The molecule has 0 spiro atoms. The average molecular weight is 358 g/mol. The fourth-order valence-electron chi connectivity index (χ4n) is 4.50. The van der Waals surface area contributed by atoms with E-state index in [4.69, 9.17) is 0 Å². The molecular formula is C18H31FN2O4. The van der Waals surface area contributed by atoms with E-state index in [9.17, 15) is 20.1 Å². The summed E-state index contributed by atoms with van der Waals surface area (Å²) in [7, 11) is 0. The largest absolute Gasteiger partial charge is 0.389 e. The Morgan fingerprint density at radius 2 is 1.56 bits per heavy atom. The molecule has 3 aliphatic rings. The van der Waals surface area contributed by atoms with Gasteiger partial charge in [0.15, 0.2) is 0 Å². The van der Waals surface area contributed by atoms with Gasteiger partial charge < -0.3 is 20.2 Å². The normalized spacial score (nSPS) is 34.9. The molecule has 2 heterocycles. The third-order valence-electron chi connectivity index (χ3n) is 6.11. The maximum atomic E-state index is 15.2. The van der Waals surface area contributed by atoms with Crippen LogP contribution in [0.25, 0.3) is 0 Å². The summed E-state index contributed by atoms with van der Waals surface area (Å²) in [5, 5.41) is 29.1. The van der Waals surface area contributed by atoms with E-state index in [0.29, 0.717) is 13.1 Å². The fourth-order valence-corrected chi connectivity index (χ4v) is 4.50. The third kappa shape index (κ3) is 4.51. The molecule has 2 aliphatic heterocycles. The molecule has 2 saturated heterocycles. The number of carbonyl (C=O) groups excluding carboxylic acids is 1. The molecule has 3 atom stereocenters. The van der Waals surface area contributed by atoms with E-state index in [1.807, 2.05) is 4.90 Å². The van der Waals surface area contributed by atoms with Crippen molar-refractivity contribution < 1.29 is 24.5 Å². The summed E-state index contributed by atoms with van der Waals surface area (Å²) >= 11 is 0. The molecule has 1 saturated carbocycles. The Labute approximate surface area is 148 Å². The van der Waals surface area contributed by atoms with Crippen molar-refractivity contribution in [2.45, 2.75) is 68.9 Å². The lowest BCUT2D eigenvalue weighted by atomic mass is 9.86. The molecule has 3 fully saturated rings. The van der Waals surface area contributed by atoms with Crippen LogP contribution in [0.2, 0.25) is 0 Å². The van der Waals surface area contributed by atoms with E-state index in [1.165, 1.54) is 6.42 Å². The topological polar surface area (TPSA) is 84.2 Å². The molecule has 7 heteroatoms. The van der Waals surface area contributed by atoms with Crippen molar-refractivity contribution in [3.05, 3.63) is 0 Å². The number of hydrogen-bond donors (Lipinski definition) is 3. The molecule has 1 amide bonds. The van der Waals surface area contributed by atoms with Crippen molar-refractivity contribution in [3.63, 3.8) is 0 Å². The van der Waals surface area contributed by atoms with Crippen molar-refractivity contribution in [1.29, 1.82) is 0 Å². The van der Waals surface area contributed by atoms with Crippen molar-refractivity contribution in [1.82, 2.24) is 9.80 Å². The van der Waals surface area contributed by atoms with Gasteiger partial charge in [0.25, 0.3) is 0 Å². The number of aliphatic hydroxyl groups excluding tert-OH is 3. The number of rotatable bonds is 3. The molecule has 144 valence electrons. The standard InChI is InChI=1S/C18H31FN2O4/c19-18(12-20-10-14(22)16(24)15(23)11-20)6-8-21(9-7-18)17(25)13-4-2-1-3-5-13/h13-16,22-24H,1-12H2/t14-,15+,16?. The van der Waals surface area contributed by atoms with Crippen molar-refractivity contribution in [2.24, 2.45) is 5.92 Å². The first kappa shape index (κ1) is 19.0. The predicted octanol–water partition coefficient (Wildman–Crippen LogP) is 0.296. The second-order valence-electron chi connectivity index (χ2n) is 8.13. The van der Waals surface area contributed by atoms with Crippen LogP contribution >= 0.6 is 0 Å². The number of β-amino-alcohol motifs (C(OH)–C–C–N with tert-alkyl or cyclic N) is 2. The van der Waals surface area contributed by atoms with Crippen LogP contribution in [-0.4, -0.2) is 87.7 Å². The van der Waals surface area contributed by atoms with Crippen molar-refractivity contribution in [3.8, 4) is 0 Å². The number of aliphatic hydroxyl groups is 3. The number of halogens is 1. The van der Waals surface area contributed by atoms with Gasteiger partial charge in [-0.25, -0.2) is 4.39 Å². The summed E-state index contributed by atoms with van der Waals surface area (Å²) < 4.78 is 15.2. The summed E-state index contributed by atoms with van der Waals surface area (Å²) in [6.07, 6.45) is 2.66. The Morgan fingerprint density at radius 3 is 2.12 bits per heavy atom. The molecule has 0 radical (unpaired) electrons. The second kappa shape index (κ2) is 7.86. The number of alkyl halides is 1. The SMILES string of the molecule is O=C(C1CCCCC1)N1CCC(F)(CN2C[C@@H](O)C(O)[C@@H](O)C2)CC1. The van der Waals surface area contributed by atoms with Crippen LogP contribution < -0.4 is 0 Å². The van der Waals surface area contributed by atoms with Crippen LogP contribution in [0.5, 0.6) is 0 Å². The zero-order valence-electron chi connectivity index (χ0n) is 14.8. The zero-order chi connectivity index (χ0) is 18.0. The van der Waals surface area contributed by atoms with Gasteiger partial charge in [-0.1, -0.05) is 19.3 Å². The van der Waals surface area contributed by atoms with Crippen LogP contribution in [0.15, 0.2) is 0 Å². The lowest BCUT2D eigenvalue weighted by molar-refractivity contribution is -0.140. The quantitative estimate of drug-likeness (QED) is 0.676. The monoisotopic (exact) mass is 358 g/mol. The van der Waals surface area contributed by atoms with Crippen LogP contribution in [0, 0.1) is 5.92 Å². The summed E-state index contributed by atoms with van der Waals surface area (Å²) in [6, 6.07) is 0. The Hall–Kier alpha value is -0.760. The number of likely N-dealkylation sites (tertiary alicyclic amines) is 2. The predicted molar refractivity (Wildman–Crippen MR) is 90.7 cm³/mol. The number of amides is 1. The molecular weight excluding hydrogens is 327 g/mol. The number of nitrogens with zero attached hydrogens (tertiary/aromatic N) is 2. The van der Waals surface area contributed by atoms with E-state index in [1.54, 1.807) is 4.90 Å². The summed E-state index contributed by atoms with van der Waals surface area (Å²) in [5.74, 6) is 0.309. The maximum absolute atomic E-state index is 15.2. The number of piperidine rings is 2. The van der Waals surface area contributed by atoms with E-state index in [2.05, 4.69) is 0 Å². The van der Waals surface area contributed by atoms with Gasteiger partial charge in [0.05, 0.1) is 12.2 Å². The molecule has 3 N–H and O–H groups in total.